The molecule has 1 heteroatoms. The summed E-state index contributed by atoms with van der Waals surface area (Å²) in [6.45, 7) is 13.9. The predicted molar refractivity (Wildman–Crippen MR) is 92.6 cm³/mol. The Balaban J connectivity index is 2.23. The first-order chi connectivity index (χ1) is 9.62. The fourth-order valence-electron chi connectivity index (χ4n) is 3.93. The van der Waals surface area contributed by atoms with Gasteiger partial charge in [0.05, 0.1) is 0 Å². The summed E-state index contributed by atoms with van der Waals surface area (Å²) >= 11 is 0. The Morgan fingerprint density at radius 1 is 0.905 bits per heavy atom. The second-order valence-corrected chi connectivity index (χ2v) is 8.74. The van der Waals surface area contributed by atoms with Crippen molar-refractivity contribution in [3.05, 3.63) is 35.4 Å². The first kappa shape index (κ1) is 16.5. The molecule has 0 heterocycles. The van der Waals surface area contributed by atoms with Gasteiger partial charge in [-0.05, 0) is 46.6 Å². The number of nitrogens with two attached hydrogens (primary N) is 1. The molecule has 3 atom stereocenters. The fraction of sp³-hybridized carbons (Fsp3) is 0.700. The largest absolute Gasteiger partial charge is 0.327 e. The zero-order chi connectivity index (χ0) is 15.8. The molecule has 2 rings (SSSR count). The highest BCUT2D eigenvalue weighted by molar-refractivity contribution is 5.32. The third-order valence-electron chi connectivity index (χ3n) is 5.58. The molecular formula is C20H33N. The van der Waals surface area contributed by atoms with Crippen LogP contribution in [0.4, 0.5) is 0 Å². The van der Waals surface area contributed by atoms with E-state index in [2.05, 4.69) is 65.8 Å². The third-order valence-corrected chi connectivity index (χ3v) is 5.58. The highest BCUT2D eigenvalue weighted by Crippen LogP contribution is 2.42. The van der Waals surface area contributed by atoms with Crippen LogP contribution in [0.3, 0.4) is 0 Å². The van der Waals surface area contributed by atoms with Crippen molar-refractivity contribution in [2.75, 3.05) is 0 Å². The van der Waals surface area contributed by atoms with Crippen molar-refractivity contribution in [2.45, 2.75) is 77.7 Å². The Morgan fingerprint density at radius 3 is 1.90 bits per heavy atom. The lowest BCUT2D eigenvalue weighted by Crippen LogP contribution is -2.45. The lowest BCUT2D eigenvalue weighted by Gasteiger charge is -2.43. The van der Waals surface area contributed by atoms with Gasteiger partial charge in [-0.15, -0.1) is 0 Å². The minimum Gasteiger partial charge on any atom is -0.327 e. The zero-order valence-electron chi connectivity index (χ0n) is 14.7. The number of benzene rings is 1. The van der Waals surface area contributed by atoms with Crippen LogP contribution < -0.4 is 5.73 Å². The van der Waals surface area contributed by atoms with Crippen LogP contribution in [0, 0.1) is 11.8 Å². The van der Waals surface area contributed by atoms with Gasteiger partial charge in [0.2, 0.25) is 0 Å². The van der Waals surface area contributed by atoms with Crippen LogP contribution in [-0.4, -0.2) is 6.04 Å². The van der Waals surface area contributed by atoms with Gasteiger partial charge in [-0.1, -0.05) is 72.2 Å². The summed E-state index contributed by atoms with van der Waals surface area (Å²) in [5.41, 5.74) is 9.72. The molecule has 2 N–H and O–H groups in total. The number of hydrogen-bond acceptors (Lipinski definition) is 1. The molecule has 118 valence electrons. The standard InChI is InChI=1S/C20H33N/c1-14-7-12-17(18(21)13-14)20(5,6)16-10-8-15(9-11-16)19(2,3)4/h8-11,14,17-18H,7,12-13,21H2,1-6H3. The highest BCUT2D eigenvalue weighted by atomic mass is 14.7. The summed E-state index contributed by atoms with van der Waals surface area (Å²) in [6.07, 6.45) is 3.76. The van der Waals surface area contributed by atoms with Gasteiger partial charge in [0.15, 0.2) is 0 Å². The Morgan fingerprint density at radius 2 is 1.43 bits per heavy atom. The summed E-state index contributed by atoms with van der Waals surface area (Å²) in [5.74, 6) is 1.38. The molecule has 1 aliphatic carbocycles. The van der Waals surface area contributed by atoms with Gasteiger partial charge < -0.3 is 5.73 Å². The van der Waals surface area contributed by atoms with E-state index in [-0.39, 0.29) is 10.8 Å². The molecular weight excluding hydrogens is 254 g/mol. The van der Waals surface area contributed by atoms with Crippen LogP contribution in [0.15, 0.2) is 24.3 Å². The molecule has 1 aromatic carbocycles. The van der Waals surface area contributed by atoms with Gasteiger partial charge in [0, 0.05) is 6.04 Å². The zero-order valence-corrected chi connectivity index (χ0v) is 14.7. The topological polar surface area (TPSA) is 26.0 Å². The lowest BCUT2D eigenvalue weighted by molar-refractivity contribution is 0.171. The van der Waals surface area contributed by atoms with E-state index in [1.807, 2.05) is 0 Å². The molecule has 21 heavy (non-hydrogen) atoms. The van der Waals surface area contributed by atoms with Gasteiger partial charge in [-0.3, -0.25) is 0 Å². The van der Waals surface area contributed by atoms with Crippen LogP contribution in [0.5, 0.6) is 0 Å². The van der Waals surface area contributed by atoms with Crippen molar-refractivity contribution in [1.29, 1.82) is 0 Å². The average molecular weight is 287 g/mol. The first-order valence-electron chi connectivity index (χ1n) is 8.49. The van der Waals surface area contributed by atoms with E-state index in [1.54, 1.807) is 0 Å². The molecule has 1 nitrogen and oxygen atoms in total. The Hall–Kier alpha value is -0.820. The second-order valence-electron chi connectivity index (χ2n) is 8.74. The van der Waals surface area contributed by atoms with Gasteiger partial charge in [-0.2, -0.15) is 0 Å². The maximum Gasteiger partial charge on any atom is 0.00780 e. The van der Waals surface area contributed by atoms with E-state index in [0.717, 1.165) is 5.92 Å². The SMILES string of the molecule is CC1CCC(C(C)(C)c2ccc(C(C)(C)C)cc2)C(N)C1. The predicted octanol–water partition coefficient (Wildman–Crippen LogP) is 5.03. The van der Waals surface area contributed by atoms with Gasteiger partial charge >= 0.3 is 0 Å². The van der Waals surface area contributed by atoms with Crippen LogP contribution in [0.1, 0.15) is 71.9 Å². The molecule has 1 fully saturated rings. The molecule has 0 saturated heterocycles. The minimum atomic E-state index is 0.163. The molecule has 3 unspecified atom stereocenters. The van der Waals surface area contributed by atoms with Crippen LogP contribution in [0.25, 0.3) is 0 Å². The van der Waals surface area contributed by atoms with Crippen molar-refractivity contribution >= 4 is 0 Å². The molecule has 0 aromatic heterocycles. The molecule has 0 spiro atoms. The molecule has 1 aromatic rings. The Bertz CT molecular complexity index is 464. The molecule has 0 amide bonds. The maximum atomic E-state index is 6.49. The van der Waals surface area contributed by atoms with Crippen molar-refractivity contribution < 1.29 is 0 Å². The van der Waals surface area contributed by atoms with Gasteiger partial charge in [0.25, 0.3) is 0 Å². The van der Waals surface area contributed by atoms with Crippen LogP contribution in [0.2, 0.25) is 0 Å². The van der Waals surface area contributed by atoms with E-state index < -0.39 is 0 Å². The van der Waals surface area contributed by atoms with E-state index in [9.17, 15) is 0 Å². The summed E-state index contributed by atoms with van der Waals surface area (Å²) in [4.78, 5) is 0. The first-order valence-corrected chi connectivity index (χ1v) is 8.49. The molecule has 0 bridgehead atoms. The third kappa shape index (κ3) is 3.51. The van der Waals surface area contributed by atoms with Crippen molar-refractivity contribution in [2.24, 2.45) is 17.6 Å². The summed E-state index contributed by atoms with van der Waals surface area (Å²) in [6, 6.07) is 9.59. The van der Waals surface area contributed by atoms with Crippen molar-refractivity contribution in [1.82, 2.24) is 0 Å². The van der Waals surface area contributed by atoms with Gasteiger partial charge in [-0.25, -0.2) is 0 Å². The van der Waals surface area contributed by atoms with Crippen LogP contribution >= 0.6 is 0 Å². The Kier molecular flexibility index (Phi) is 4.54. The van der Waals surface area contributed by atoms with E-state index in [0.29, 0.717) is 12.0 Å². The summed E-state index contributed by atoms with van der Waals surface area (Å²) < 4.78 is 0. The number of rotatable bonds is 2. The highest BCUT2D eigenvalue weighted by Gasteiger charge is 2.38. The average Bonchev–Trinajstić information content (AvgIpc) is 2.37. The quantitative estimate of drug-likeness (QED) is 0.811. The summed E-state index contributed by atoms with van der Waals surface area (Å²) in [7, 11) is 0. The lowest BCUT2D eigenvalue weighted by atomic mass is 9.63. The molecule has 0 radical (unpaired) electrons. The van der Waals surface area contributed by atoms with Gasteiger partial charge in [0.1, 0.15) is 0 Å². The Labute approximate surface area is 131 Å². The second kappa shape index (κ2) is 5.76. The van der Waals surface area contributed by atoms with Crippen molar-refractivity contribution in [3.63, 3.8) is 0 Å². The molecule has 0 aliphatic heterocycles. The smallest absolute Gasteiger partial charge is 0.00780 e. The molecule has 1 aliphatic rings. The fourth-order valence-corrected chi connectivity index (χ4v) is 3.93. The van der Waals surface area contributed by atoms with Crippen molar-refractivity contribution in [3.8, 4) is 0 Å². The van der Waals surface area contributed by atoms with E-state index in [1.165, 1.54) is 30.4 Å². The minimum absolute atomic E-state index is 0.163. The molecule has 1 saturated carbocycles. The normalized spacial score (nSPS) is 27.7. The summed E-state index contributed by atoms with van der Waals surface area (Å²) in [5, 5.41) is 0. The number of hydrogen-bond donors (Lipinski definition) is 1. The van der Waals surface area contributed by atoms with Crippen LogP contribution in [-0.2, 0) is 10.8 Å². The van der Waals surface area contributed by atoms with E-state index in [4.69, 9.17) is 5.73 Å². The maximum absolute atomic E-state index is 6.49. The van der Waals surface area contributed by atoms with E-state index >= 15 is 0 Å². The monoisotopic (exact) mass is 287 g/mol.